The van der Waals surface area contributed by atoms with Crippen molar-refractivity contribution in [3.63, 3.8) is 0 Å². The van der Waals surface area contributed by atoms with Gasteiger partial charge in [0.15, 0.2) is 0 Å². The number of ether oxygens (including phenoxy) is 2. The molecule has 2 heterocycles. The maximum absolute atomic E-state index is 14.6. The van der Waals surface area contributed by atoms with Crippen molar-refractivity contribution >= 4 is 35.5 Å². The lowest BCUT2D eigenvalue weighted by atomic mass is 9.87. The smallest absolute Gasteiger partial charge is 0.335 e. The Labute approximate surface area is 403 Å². The van der Waals surface area contributed by atoms with Crippen LogP contribution in [0.2, 0.25) is 0 Å². The molecule has 10 atom stereocenters. The number of benzene rings is 2. The second kappa shape index (κ2) is 24.2. The minimum atomic E-state index is -1.15. The van der Waals surface area contributed by atoms with E-state index in [1.165, 1.54) is 17.2 Å². The van der Waals surface area contributed by atoms with Gasteiger partial charge in [-0.05, 0) is 87.2 Å². The summed E-state index contributed by atoms with van der Waals surface area (Å²) in [5.41, 5.74) is 0.811. The zero-order chi connectivity index (χ0) is 50.0. The van der Waals surface area contributed by atoms with Crippen LogP contribution in [0.5, 0.6) is 0 Å². The van der Waals surface area contributed by atoms with Crippen molar-refractivity contribution < 1.29 is 48.2 Å². The van der Waals surface area contributed by atoms with Crippen LogP contribution >= 0.6 is 0 Å². The Kier molecular flexibility index (Phi) is 19.3. The third-order valence-electron chi connectivity index (χ3n) is 14.6. The topological polar surface area (TPSA) is 187 Å². The van der Waals surface area contributed by atoms with E-state index in [1.54, 1.807) is 45.2 Å². The molecule has 376 valence electrons. The van der Waals surface area contributed by atoms with Gasteiger partial charge < -0.3 is 24.8 Å². The van der Waals surface area contributed by atoms with E-state index in [2.05, 4.69) is 24.5 Å². The minimum Gasteiger partial charge on any atom is -0.478 e. The van der Waals surface area contributed by atoms with Crippen molar-refractivity contribution in [3.8, 4) is 0 Å². The van der Waals surface area contributed by atoms with Gasteiger partial charge in [-0.15, -0.1) is 0 Å². The second-order valence-corrected chi connectivity index (χ2v) is 20.0. The molecule has 1 saturated carbocycles. The first-order valence-corrected chi connectivity index (χ1v) is 24.6. The van der Waals surface area contributed by atoms with E-state index in [4.69, 9.17) is 14.3 Å². The molecule has 5 amide bonds. The number of nitrogens with one attached hydrogen (secondary N) is 2. The fourth-order valence-electron chi connectivity index (χ4n) is 10.8. The van der Waals surface area contributed by atoms with Crippen LogP contribution in [0.25, 0.3) is 0 Å². The van der Waals surface area contributed by atoms with Gasteiger partial charge in [0, 0.05) is 45.8 Å². The number of hydrogen-bond donors (Lipinski definition) is 3. The van der Waals surface area contributed by atoms with Gasteiger partial charge in [-0.25, -0.2) is 9.86 Å². The average molecular weight is 947 g/mol. The fourth-order valence-corrected chi connectivity index (χ4v) is 10.8. The first-order chi connectivity index (χ1) is 32.3. The van der Waals surface area contributed by atoms with Gasteiger partial charge in [0.2, 0.25) is 23.6 Å². The van der Waals surface area contributed by atoms with E-state index in [-0.39, 0.29) is 53.4 Å². The lowest BCUT2D eigenvalue weighted by molar-refractivity contribution is -0.200. The predicted octanol–water partition coefficient (Wildman–Crippen LogP) is 5.50. The summed E-state index contributed by atoms with van der Waals surface area (Å²) < 4.78 is 12.3. The maximum atomic E-state index is 14.6. The van der Waals surface area contributed by atoms with Crippen LogP contribution in [-0.4, -0.2) is 150 Å². The summed E-state index contributed by atoms with van der Waals surface area (Å²) >= 11 is 0. The van der Waals surface area contributed by atoms with Gasteiger partial charge in [0.05, 0.1) is 54.8 Å². The first kappa shape index (κ1) is 54.2. The summed E-state index contributed by atoms with van der Waals surface area (Å²) in [6.45, 7) is 15.3. The zero-order valence-corrected chi connectivity index (χ0v) is 42.2. The Morgan fingerprint density at radius 2 is 1.49 bits per heavy atom. The number of hydroxylamine groups is 2. The number of likely N-dealkylation sites (N-methyl/N-ethyl adjacent to an activating group) is 2. The molecule has 5 rings (SSSR count). The first-order valence-electron chi connectivity index (χ1n) is 24.6. The number of carboxylic acid groups (broad SMARTS) is 1. The van der Waals surface area contributed by atoms with E-state index >= 15 is 0 Å². The predicted molar refractivity (Wildman–Crippen MR) is 258 cm³/mol. The number of imide groups is 1. The highest BCUT2D eigenvalue weighted by Gasteiger charge is 2.64. The summed E-state index contributed by atoms with van der Waals surface area (Å²) in [6, 6.07) is 14.0. The molecule has 0 unspecified atom stereocenters. The van der Waals surface area contributed by atoms with Gasteiger partial charge in [-0.1, -0.05) is 97.4 Å². The molecular formula is C52H78N6O10. The van der Waals surface area contributed by atoms with E-state index in [9.17, 15) is 33.9 Å². The van der Waals surface area contributed by atoms with Crippen LogP contribution in [0, 0.1) is 23.7 Å². The third-order valence-corrected chi connectivity index (χ3v) is 14.6. The van der Waals surface area contributed by atoms with Crippen molar-refractivity contribution in [1.82, 2.24) is 30.4 Å². The van der Waals surface area contributed by atoms with Crippen molar-refractivity contribution in [1.29, 1.82) is 0 Å². The van der Waals surface area contributed by atoms with Crippen LogP contribution < -0.4 is 10.6 Å². The molecule has 68 heavy (non-hydrogen) atoms. The van der Waals surface area contributed by atoms with E-state index < -0.39 is 65.6 Å². The molecule has 3 N–H and O–H groups in total. The summed E-state index contributed by atoms with van der Waals surface area (Å²) in [5.74, 6) is -3.98. The normalized spacial score (nSPS) is 22.6. The number of carbonyl (C=O) groups is 6. The monoisotopic (exact) mass is 947 g/mol. The van der Waals surface area contributed by atoms with Crippen molar-refractivity contribution in [2.75, 3.05) is 48.0 Å². The molecule has 16 heteroatoms. The number of carboxylic acids is 1. The number of likely N-dealkylation sites (tertiary alicyclic amines) is 1. The highest BCUT2D eigenvalue weighted by molar-refractivity contribution is 6.00. The molecule has 3 fully saturated rings. The minimum absolute atomic E-state index is 0.00852. The van der Waals surface area contributed by atoms with Gasteiger partial charge in [-0.2, -0.15) is 0 Å². The highest BCUT2D eigenvalue weighted by Crippen LogP contribution is 2.53. The number of rotatable bonds is 23. The lowest BCUT2D eigenvalue weighted by Gasteiger charge is -2.43. The molecule has 16 nitrogen and oxygen atoms in total. The van der Waals surface area contributed by atoms with Crippen LogP contribution in [0.1, 0.15) is 121 Å². The third kappa shape index (κ3) is 12.5. The lowest BCUT2D eigenvalue weighted by Crippen LogP contribution is -2.60. The fraction of sp³-hybridized carbons (Fsp3) is 0.654. The summed E-state index contributed by atoms with van der Waals surface area (Å²) in [5, 5.41) is 16.6. The number of nitrogens with zero attached hydrogens (tertiary/aromatic N) is 4. The SMILES string of the molecule is CC[C@H](C)[C@@H]([C@@H](CC(=O)N1CCC[C@H]1[C@H](OC)[C@@H](C)C(=O)N[C@@]1(C(=O)N2CCCCO2)C[C@@H]1c1ccccc1)OC)N(C)[C@H](C(=O)NC(=O)[C@H](C(C)C)N(C)Cc1ccc(C(=O)O)cc1)C(C)C. The number of amides is 5. The van der Waals surface area contributed by atoms with Crippen LogP contribution in [-0.2, 0) is 44.8 Å². The van der Waals surface area contributed by atoms with E-state index in [1.807, 2.05) is 74.9 Å². The standard InChI is InChI=1S/C52H78N6O10/c1-12-34(6)45(56(9)44(33(4)5)49(62)53-48(61)43(32(2)3)55(8)31-36-22-24-38(25-23-36)50(63)64)41(66-10)29-42(59)57-26-18-21-40(57)46(67-11)35(7)47(60)54-52(51(65)58-27-16-17-28-68-58)30-39(52)37-19-14-13-15-20-37/h13-15,19-20,22-25,32-35,39-41,43-46H,12,16-18,21,26-31H2,1-11H3,(H,54,60)(H,63,64)(H,53,61,62)/t34-,35+,39+,40-,41+,43-,44-,45-,46+,52-/m0/s1. The van der Waals surface area contributed by atoms with Gasteiger partial charge in [-0.3, -0.25) is 43.9 Å². The Morgan fingerprint density at radius 1 is 0.838 bits per heavy atom. The summed E-state index contributed by atoms with van der Waals surface area (Å²) in [4.78, 5) is 94.2. The number of hydrogen-bond acceptors (Lipinski definition) is 11. The molecular weight excluding hydrogens is 869 g/mol. The molecule has 2 aromatic carbocycles. The quantitative estimate of drug-likeness (QED) is 0.127. The highest BCUT2D eigenvalue weighted by atomic mass is 16.7. The molecule has 0 aromatic heterocycles. The molecule has 0 bridgehead atoms. The van der Waals surface area contributed by atoms with Crippen molar-refractivity contribution in [3.05, 3.63) is 71.3 Å². The van der Waals surface area contributed by atoms with Crippen molar-refractivity contribution in [2.45, 2.75) is 148 Å². The van der Waals surface area contributed by atoms with E-state index in [0.717, 1.165) is 36.8 Å². The molecule has 1 aliphatic carbocycles. The Bertz CT molecular complexity index is 2030. The second-order valence-electron chi connectivity index (χ2n) is 20.0. The summed E-state index contributed by atoms with van der Waals surface area (Å²) in [7, 11) is 6.79. The molecule has 0 radical (unpaired) electrons. The number of aromatic carboxylic acids is 1. The maximum Gasteiger partial charge on any atom is 0.335 e. The van der Waals surface area contributed by atoms with Gasteiger partial charge in [0.1, 0.15) is 5.54 Å². The number of methoxy groups -OCH3 is 2. The molecule has 2 aliphatic heterocycles. The van der Waals surface area contributed by atoms with Gasteiger partial charge >= 0.3 is 5.97 Å². The molecule has 0 spiro atoms. The van der Waals surface area contributed by atoms with Gasteiger partial charge in [0.25, 0.3) is 5.91 Å². The Morgan fingerprint density at radius 3 is 2.04 bits per heavy atom. The van der Waals surface area contributed by atoms with E-state index in [0.29, 0.717) is 39.1 Å². The molecule has 2 saturated heterocycles. The zero-order valence-electron chi connectivity index (χ0n) is 42.2. The Balaban J connectivity index is 1.29. The number of carbonyl (C=O) groups excluding carboxylic acids is 5. The van der Waals surface area contributed by atoms with Crippen molar-refractivity contribution in [2.24, 2.45) is 23.7 Å². The van der Waals surface area contributed by atoms with Crippen LogP contribution in [0.3, 0.4) is 0 Å². The largest absolute Gasteiger partial charge is 0.478 e. The Hall–Kier alpha value is -4.74. The van der Waals surface area contributed by atoms with Crippen LogP contribution in [0.15, 0.2) is 54.6 Å². The van der Waals surface area contributed by atoms with Crippen LogP contribution in [0.4, 0.5) is 0 Å². The molecule has 3 aliphatic rings. The summed E-state index contributed by atoms with van der Waals surface area (Å²) in [6.07, 6.45) is 2.91. The average Bonchev–Trinajstić information content (AvgIpc) is 3.83. The molecule has 2 aromatic rings.